The average molecular weight is 349 g/mol. The predicted octanol–water partition coefficient (Wildman–Crippen LogP) is 2.81. The van der Waals surface area contributed by atoms with Crippen LogP contribution >= 0.6 is 0 Å². The van der Waals surface area contributed by atoms with Crippen molar-refractivity contribution in [3.8, 4) is 6.07 Å². The van der Waals surface area contributed by atoms with Crippen LogP contribution in [0.5, 0.6) is 0 Å². The Balaban J connectivity index is 1.44. The van der Waals surface area contributed by atoms with Gasteiger partial charge in [0, 0.05) is 12.1 Å². The number of benzene rings is 2. The summed E-state index contributed by atoms with van der Waals surface area (Å²) in [6.45, 7) is -0.400. The number of ether oxygens (including phenoxy) is 1. The fraction of sp³-hybridized carbons (Fsp3) is 0.158. The van der Waals surface area contributed by atoms with Gasteiger partial charge in [-0.1, -0.05) is 18.2 Å². The second kappa shape index (κ2) is 7.94. The van der Waals surface area contributed by atoms with E-state index < -0.39 is 18.5 Å². The minimum atomic E-state index is -0.520. The van der Waals surface area contributed by atoms with Crippen molar-refractivity contribution in [1.82, 2.24) is 4.98 Å². The quantitative estimate of drug-likeness (QED) is 0.686. The maximum atomic E-state index is 11.8. The third-order valence-corrected chi connectivity index (χ3v) is 3.52. The van der Waals surface area contributed by atoms with Gasteiger partial charge >= 0.3 is 5.97 Å². The Morgan fingerprint density at radius 3 is 2.85 bits per heavy atom. The molecule has 130 valence electrons. The van der Waals surface area contributed by atoms with Crippen molar-refractivity contribution in [1.29, 1.82) is 5.26 Å². The molecule has 0 unspecified atom stereocenters. The Morgan fingerprint density at radius 2 is 2.04 bits per heavy atom. The second-order valence-electron chi connectivity index (χ2n) is 5.48. The first-order chi connectivity index (χ1) is 12.6. The maximum absolute atomic E-state index is 11.8. The monoisotopic (exact) mass is 349 g/mol. The summed E-state index contributed by atoms with van der Waals surface area (Å²) in [6.07, 6.45) is 0.351. The summed E-state index contributed by atoms with van der Waals surface area (Å²) in [5, 5.41) is 11.4. The van der Waals surface area contributed by atoms with E-state index in [0.29, 0.717) is 29.1 Å². The van der Waals surface area contributed by atoms with Gasteiger partial charge in [0.05, 0.1) is 18.1 Å². The number of anilines is 1. The van der Waals surface area contributed by atoms with E-state index in [9.17, 15) is 9.59 Å². The third kappa shape index (κ3) is 4.45. The van der Waals surface area contributed by atoms with Crippen LogP contribution in [0.25, 0.3) is 11.1 Å². The normalized spacial score (nSPS) is 10.3. The summed E-state index contributed by atoms with van der Waals surface area (Å²) in [5.74, 6) is -0.551. The van der Waals surface area contributed by atoms with Crippen molar-refractivity contribution < 1.29 is 18.7 Å². The zero-order chi connectivity index (χ0) is 18.4. The number of esters is 1. The molecule has 0 saturated heterocycles. The van der Waals surface area contributed by atoms with E-state index in [2.05, 4.69) is 10.3 Å². The Kier molecular flexibility index (Phi) is 5.25. The molecule has 7 nitrogen and oxygen atoms in total. The highest BCUT2D eigenvalue weighted by Crippen LogP contribution is 2.15. The van der Waals surface area contributed by atoms with Crippen molar-refractivity contribution >= 4 is 28.7 Å². The van der Waals surface area contributed by atoms with E-state index in [1.165, 1.54) is 6.07 Å². The van der Waals surface area contributed by atoms with Crippen LogP contribution in [0, 0.1) is 11.3 Å². The number of aromatic nitrogens is 1. The number of hydrogen-bond donors (Lipinski definition) is 1. The molecule has 0 bridgehead atoms. The Morgan fingerprint density at radius 1 is 1.19 bits per heavy atom. The number of hydrogen-bond acceptors (Lipinski definition) is 6. The SMILES string of the molecule is N#Cc1cccc(NC(=O)COC(=O)CCc2nc3ccccc3o2)c1. The zero-order valence-corrected chi connectivity index (χ0v) is 13.8. The smallest absolute Gasteiger partial charge is 0.306 e. The van der Waals surface area contributed by atoms with Gasteiger partial charge in [-0.05, 0) is 30.3 Å². The Hall–Kier alpha value is -3.66. The molecule has 3 rings (SSSR count). The summed E-state index contributed by atoms with van der Waals surface area (Å²) in [7, 11) is 0. The van der Waals surface area contributed by atoms with E-state index >= 15 is 0 Å². The number of nitriles is 1. The lowest BCUT2D eigenvalue weighted by Gasteiger charge is -2.06. The molecular weight excluding hydrogens is 334 g/mol. The van der Waals surface area contributed by atoms with Crippen molar-refractivity contribution in [3.63, 3.8) is 0 Å². The van der Waals surface area contributed by atoms with Gasteiger partial charge in [0.2, 0.25) is 0 Å². The lowest BCUT2D eigenvalue weighted by molar-refractivity contribution is -0.147. The van der Waals surface area contributed by atoms with E-state index in [1.807, 2.05) is 24.3 Å². The van der Waals surface area contributed by atoms with E-state index in [1.54, 1.807) is 24.3 Å². The van der Waals surface area contributed by atoms with Gasteiger partial charge in [0.1, 0.15) is 5.52 Å². The molecule has 0 fully saturated rings. The fourth-order valence-electron chi connectivity index (χ4n) is 2.32. The molecule has 2 aromatic carbocycles. The summed E-state index contributed by atoms with van der Waals surface area (Å²) >= 11 is 0. The maximum Gasteiger partial charge on any atom is 0.306 e. The number of carbonyl (C=O) groups is 2. The van der Waals surface area contributed by atoms with E-state index in [-0.39, 0.29) is 6.42 Å². The van der Waals surface area contributed by atoms with Gasteiger partial charge in [-0.2, -0.15) is 5.26 Å². The van der Waals surface area contributed by atoms with Gasteiger partial charge in [0.15, 0.2) is 18.1 Å². The van der Waals surface area contributed by atoms with Crippen molar-refractivity contribution in [3.05, 3.63) is 60.0 Å². The van der Waals surface area contributed by atoms with Crippen LogP contribution in [0.3, 0.4) is 0 Å². The number of aryl methyl sites for hydroxylation is 1. The molecule has 0 aliphatic rings. The van der Waals surface area contributed by atoms with Crippen LogP contribution in [0.1, 0.15) is 17.9 Å². The van der Waals surface area contributed by atoms with Crippen molar-refractivity contribution in [2.75, 3.05) is 11.9 Å². The number of para-hydroxylation sites is 2. The number of carbonyl (C=O) groups excluding carboxylic acids is 2. The van der Waals surface area contributed by atoms with Crippen LogP contribution in [-0.4, -0.2) is 23.5 Å². The summed E-state index contributed by atoms with van der Waals surface area (Å²) in [5.41, 5.74) is 2.29. The molecule has 1 N–H and O–H groups in total. The zero-order valence-electron chi connectivity index (χ0n) is 13.8. The third-order valence-electron chi connectivity index (χ3n) is 3.52. The molecular formula is C19H15N3O4. The van der Waals surface area contributed by atoms with E-state index in [4.69, 9.17) is 14.4 Å². The van der Waals surface area contributed by atoms with Crippen molar-refractivity contribution in [2.24, 2.45) is 0 Å². The predicted molar refractivity (Wildman–Crippen MR) is 93.1 cm³/mol. The lowest BCUT2D eigenvalue weighted by Crippen LogP contribution is -2.21. The first-order valence-electron chi connectivity index (χ1n) is 7.94. The minimum Gasteiger partial charge on any atom is -0.456 e. The molecule has 1 heterocycles. The Labute approximate surface area is 149 Å². The van der Waals surface area contributed by atoms with Crippen LogP contribution < -0.4 is 5.32 Å². The van der Waals surface area contributed by atoms with Gasteiger partial charge in [-0.3, -0.25) is 9.59 Å². The number of nitrogens with zero attached hydrogens (tertiary/aromatic N) is 2. The highest BCUT2D eigenvalue weighted by Gasteiger charge is 2.11. The number of fused-ring (bicyclic) bond motifs is 1. The van der Waals surface area contributed by atoms with E-state index in [0.717, 1.165) is 5.52 Å². The molecule has 0 aliphatic heterocycles. The second-order valence-corrected chi connectivity index (χ2v) is 5.48. The van der Waals surface area contributed by atoms with Crippen molar-refractivity contribution in [2.45, 2.75) is 12.8 Å². The summed E-state index contributed by atoms with van der Waals surface area (Å²) in [6, 6.07) is 15.8. The number of rotatable bonds is 6. The average Bonchev–Trinajstić information content (AvgIpc) is 3.08. The van der Waals surface area contributed by atoms with Crippen LogP contribution in [-0.2, 0) is 20.7 Å². The first kappa shape index (κ1) is 17.2. The molecule has 7 heteroatoms. The highest BCUT2D eigenvalue weighted by molar-refractivity contribution is 5.92. The van der Waals surface area contributed by atoms with Crippen LogP contribution in [0.15, 0.2) is 52.9 Å². The van der Waals surface area contributed by atoms with Crippen LogP contribution in [0.2, 0.25) is 0 Å². The molecule has 26 heavy (non-hydrogen) atoms. The molecule has 0 spiro atoms. The van der Waals surface area contributed by atoms with Crippen LogP contribution in [0.4, 0.5) is 5.69 Å². The molecule has 0 radical (unpaired) electrons. The first-order valence-corrected chi connectivity index (χ1v) is 7.94. The van der Waals surface area contributed by atoms with Gasteiger partial charge in [-0.15, -0.1) is 0 Å². The molecule has 1 aromatic heterocycles. The molecule has 3 aromatic rings. The minimum absolute atomic E-state index is 0.0595. The fourth-order valence-corrected chi connectivity index (χ4v) is 2.32. The Bertz CT molecular complexity index is 955. The van der Waals surface area contributed by atoms with Gasteiger partial charge < -0.3 is 14.5 Å². The molecule has 0 aliphatic carbocycles. The van der Waals surface area contributed by atoms with Gasteiger partial charge in [-0.25, -0.2) is 4.98 Å². The topological polar surface area (TPSA) is 105 Å². The molecule has 0 saturated carbocycles. The highest BCUT2D eigenvalue weighted by atomic mass is 16.5. The van der Waals surface area contributed by atoms with Gasteiger partial charge in [0.25, 0.3) is 5.91 Å². The number of amides is 1. The standard InChI is InChI=1S/C19H15N3O4/c20-11-13-4-3-5-14(10-13)21-17(23)12-25-19(24)9-8-18-22-15-6-1-2-7-16(15)26-18/h1-7,10H,8-9,12H2,(H,21,23). The summed E-state index contributed by atoms with van der Waals surface area (Å²) in [4.78, 5) is 27.9. The largest absolute Gasteiger partial charge is 0.456 e. The molecule has 1 amide bonds. The number of oxazole rings is 1. The lowest BCUT2D eigenvalue weighted by atomic mass is 10.2. The summed E-state index contributed by atoms with van der Waals surface area (Å²) < 4.78 is 10.5. The molecule has 0 atom stereocenters. The number of nitrogens with one attached hydrogen (secondary N) is 1.